The first-order chi connectivity index (χ1) is 7.79. The third-order valence-corrected chi connectivity index (χ3v) is 2.90. The molecule has 1 aromatic heterocycles. The molecule has 1 aromatic rings. The van der Waals surface area contributed by atoms with E-state index in [0.29, 0.717) is 18.4 Å². The molecule has 1 atom stereocenters. The van der Waals surface area contributed by atoms with Gasteiger partial charge < -0.3 is 4.74 Å². The number of likely N-dealkylation sites (tertiary alicyclic amines) is 1. The number of hydrogen-bond donors (Lipinski definition) is 0. The average molecular weight is 224 g/mol. The zero-order valence-corrected chi connectivity index (χ0v) is 9.53. The molecule has 0 amide bonds. The van der Waals surface area contributed by atoms with Crippen molar-refractivity contribution < 1.29 is 9.13 Å². The Kier molecular flexibility index (Phi) is 3.72. The zero-order chi connectivity index (χ0) is 11.4. The molecule has 1 aliphatic heterocycles. The van der Waals surface area contributed by atoms with E-state index < -0.39 is 0 Å². The van der Waals surface area contributed by atoms with Gasteiger partial charge in [-0.2, -0.15) is 0 Å². The van der Waals surface area contributed by atoms with Crippen LogP contribution in [0.1, 0.15) is 19.8 Å². The zero-order valence-electron chi connectivity index (χ0n) is 9.53. The number of halogens is 1. The second-order valence-corrected chi connectivity index (χ2v) is 4.13. The van der Waals surface area contributed by atoms with Gasteiger partial charge in [-0.25, -0.2) is 4.39 Å². The third kappa shape index (κ3) is 2.70. The van der Waals surface area contributed by atoms with Crippen LogP contribution in [0.25, 0.3) is 0 Å². The molecule has 4 heteroatoms. The highest BCUT2D eigenvalue weighted by atomic mass is 19.1. The predicted molar refractivity (Wildman–Crippen MR) is 60.0 cm³/mol. The van der Waals surface area contributed by atoms with Gasteiger partial charge in [-0.15, -0.1) is 0 Å². The van der Waals surface area contributed by atoms with Crippen LogP contribution in [0.3, 0.4) is 0 Å². The van der Waals surface area contributed by atoms with E-state index in [2.05, 4.69) is 16.8 Å². The normalized spacial score (nSPS) is 20.5. The molecule has 3 nitrogen and oxygen atoms in total. The Morgan fingerprint density at radius 1 is 1.56 bits per heavy atom. The Labute approximate surface area is 95.2 Å². The summed E-state index contributed by atoms with van der Waals surface area (Å²) in [5, 5.41) is 0. The van der Waals surface area contributed by atoms with Crippen molar-refractivity contribution in [2.75, 3.05) is 19.7 Å². The summed E-state index contributed by atoms with van der Waals surface area (Å²) in [6.45, 7) is 5.08. The molecule has 1 saturated heterocycles. The topological polar surface area (TPSA) is 25.4 Å². The smallest absolute Gasteiger partial charge is 0.145 e. The van der Waals surface area contributed by atoms with Gasteiger partial charge in [0.1, 0.15) is 18.2 Å². The molecule has 0 bridgehead atoms. The van der Waals surface area contributed by atoms with Crippen molar-refractivity contribution in [2.24, 2.45) is 0 Å². The standard InChI is InChI=1S/C12H17FN2O/c1-2-4-15-5-3-11(15)9-16-12-6-10(13)7-14-8-12/h6-8,11H,2-5,9H2,1H3/t11-/m0/s1. The van der Waals surface area contributed by atoms with E-state index in [9.17, 15) is 4.39 Å². The molecule has 1 fully saturated rings. The molecule has 16 heavy (non-hydrogen) atoms. The molecule has 0 N–H and O–H groups in total. The lowest BCUT2D eigenvalue weighted by Gasteiger charge is -2.40. The van der Waals surface area contributed by atoms with Crippen molar-refractivity contribution in [3.8, 4) is 5.75 Å². The summed E-state index contributed by atoms with van der Waals surface area (Å²) in [5.74, 6) is 0.167. The fourth-order valence-electron chi connectivity index (χ4n) is 1.93. The van der Waals surface area contributed by atoms with Gasteiger partial charge >= 0.3 is 0 Å². The van der Waals surface area contributed by atoms with Gasteiger partial charge in [0.15, 0.2) is 0 Å². The minimum absolute atomic E-state index is 0.350. The maximum Gasteiger partial charge on any atom is 0.145 e. The maximum atomic E-state index is 12.8. The molecule has 2 heterocycles. The van der Waals surface area contributed by atoms with E-state index in [4.69, 9.17) is 4.74 Å². The van der Waals surface area contributed by atoms with E-state index >= 15 is 0 Å². The van der Waals surface area contributed by atoms with Gasteiger partial charge in [0.2, 0.25) is 0 Å². The molecule has 0 unspecified atom stereocenters. The van der Waals surface area contributed by atoms with Gasteiger partial charge in [-0.3, -0.25) is 9.88 Å². The Balaban J connectivity index is 1.79. The third-order valence-electron chi connectivity index (χ3n) is 2.90. The second kappa shape index (κ2) is 5.25. The number of ether oxygens (including phenoxy) is 1. The van der Waals surface area contributed by atoms with Crippen molar-refractivity contribution in [1.82, 2.24) is 9.88 Å². The first-order valence-corrected chi connectivity index (χ1v) is 5.77. The summed E-state index contributed by atoms with van der Waals surface area (Å²) < 4.78 is 18.4. The fraction of sp³-hybridized carbons (Fsp3) is 0.583. The summed E-state index contributed by atoms with van der Waals surface area (Å²) in [4.78, 5) is 6.14. The van der Waals surface area contributed by atoms with Crippen molar-refractivity contribution in [3.63, 3.8) is 0 Å². The second-order valence-electron chi connectivity index (χ2n) is 4.13. The molecule has 0 aromatic carbocycles. The maximum absolute atomic E-state index is 12.8. The largest absolute Gasteiger partial charge is 0.490 e. The van der Waals surface area contributed by atoms with Crippen molar-refractivity contribution in [3.05, 3.63) is 24.3 Å². The van der Waals surface area contributed by atoms with Gasteiger partial charge in [0.25, 0.3) is 0 Å². The van der Waals surface area contributed by atoms with E-state index in [1.54, 1.807) is 6.20 Å². The Bertz CT molecular complexity index is 346. The van der Waals surface area contributed by atoms with Gasteiger partial charge in [-0.1, -0.05) is 6.92 Å². The minimum Gasteiger partial charge on any atom is -0.490 e. The van der Waals surface area contributed by atoms with Crippen molar-refractivity contribution in [2.45, 2.75) is 25.8 Å². The van der Waals surface area contributed by atoms with Crippen LogP contribution < -0.4 is 4.74 Å². The number of pyridine rings is 1. The molecule has 88 valence electrons. The van der Waals surface area contributed by atoms with Crippen LogP contribution in [0.5, 0.6) is 5.75 Å². The number of aromatic nitrogens is 1. The Morgan fingerprint density at radius 2 is 2.44 bits per heavy atom. The first kappa shape index (κ1) is 11.3. The molecular weight excluding hydrogens is 207 g/mol. The fourth-order valence-corrected chi connectivity index (χ4v) is 1.93. The van der Waals surface area contributed by atoms with E-state index in [-0.39, 0.29) is 5.82 Å². The number of rotatable bonds is 5. The quantitative estimate of drug-likeness (QED) is 0.765. The molecule has 0 spiro atoms. The van der Waals surface area contributed by atoms with Crippen LogP contribution in [0, 0.1) is 5.82 Å². The monoisotopic (exact) mass is 224 g/mol. The van der Waals surface area contributed by atoms with Crippen LogP contribution in [0.4, 0.5) is 4.39 Å². The summed E-state index contributed by atoms with van der Waals surface area (Å²) in [6, 6.07) is 1.86. The van der Waals surface area contributed by atoms with Crippen LogP contribution in [0.2, 0.25) is 0 Å². The SMILES string of the molecule is CCCN1CC[C@H]1COc1cncc(F)c1. The molecule has 0 radical (unpaired) electrons. The lowest BCUT2D eigenvalue weighted by atomic mass is 10.0. The molecule has 0 aliphatic carbocycles. The molecule has 2 rings (SSSR count). The van der Waals surface area contributed by atoms with Crippen LogP contribution in [-0.2, 0) is 0 Å². The summed E-state index contributed by atoms with van der Waals surface area (Å²) >= 11 is 0. The minimum atomic E-state index is -0.350. The van der Waals surface area contributed by atoms with Gasteiger partial charge in [-0.05, 0) is 19.4 Å². The van der Waals surface area contributed by atoms with E-state index in [1.165, 1.54) is 18.7 Å². The highest BCUT2D eigenvalue weighted by molar-refractivity contribution is 5.17. The number of nitrogens with zero attached hydrogens (tertiary/aromatic N) is 2. The summed E-state index contributed by atoms with van der Waals surface area (Å²) in [7, 11) is 0. The number of hydrogen-bond acceptors (Lipinski definition) is 3. The lowest BCUT2D eigenvalue weighted by molar-refractivity contribution is 0.0508. The van der Waals surface area contributed by atoms with Crippen LogP contribution >= 0.6 is 0 Å². The van der Waals surface area contributed by atoms with Crippen LogP contribution in [0.15, 0.2) is 18.5 Å². The lowest BCUT2D eigenvalue weighted by Crippen LogP contribution is -2.50. The van der Waals surface area contributed by atoms with Crippen molar-refractivity contribution >= 4 is 0 Å². The Hall–Kier alpha value is -1.16. The van der Waals surface area contributed by atoms with Crippen LogP contribution in [-0.4, -0.2) is 35.6 Å². The van der Waals surface area contributed by atoms with E-state index in [0.717, 1.165) is 19.5 Å². The average Bonchev–Trinajstić information content (AvgIpc) is 2.25. The highest BCUT2D eigenvalue weighted by Gasteiger charge is 2.27. The molecule has 1 aliphatic rings. The van der Waals surface area contributed by atoms with Gasteiger partial charge in [0.05, 0.1) is 12.4 Å². The Morgan fingerprint density at radius 3 is 3.06 bits per heavy atom. The summed E-state index contributed by atoms with van der Waals surface area (Å²) in [5.41, 5.74) is 0. The first-order valence-electron chi connectivity index (χ1n) is 5.77. The predicted octanol–water partition coefficient (Wildman–Crippen LogP) is 2.08. The highest BCUT2D eigenvalue weighted by Crippen LogP contribution is 2.19. The molecule has 0 saturated carbocycles. The van der Waals surface area contributed by atoms with Gasteiger partial charge in [0, 0.05) is 18.7 Å². The summed E-state index contributed by atoms with van der Waals surface area (Å²) in [6.07, 6.45) is 5.06. The molecular formula is C12H17FN2O. The van der Waals surface area contributed by atoms with E-state index in [1.807, 2.05) is 0 Å². The van der Waals surface area contributed by atoms with Crippen molar-refractivity contribution in [1.29, 1.82) is 0 Å².